The predicted molar refractivity (Wildman–Crippen MR) is 107 cm³/mol. The van der Waals surface area contributed by atoms with Gasteiger partial charge in [0.15, 0.2) is 0 Å². The summed E-state index contributed by atoms with van der Waals surface area (Å²) in [6.45, 7) is 8.82. The molecule has 30 heavy (non-hydrogen) atoms. The Morgan fingerprint density at radius 2 is 1.60 bits per heavy atom. The second-order valence-corrected chi connectivity index (χ2v) is 8.31. The third kappa shape index (κ3) is 4.37. The molecule has 4 nitrogen and oxygen atoms in total. The van der Waals surface area contributed by atoms with E-state index in [2.05, 4.69) is 5.32 Å². The first-order chi connectivity index (χ1) is 13.7. The van der Waals surface area contributed by atoms with E-state index >= 15 is 0 Å². The molecule has 0 atom stereocenters. The van der Waals surface area contributed by atoms with Gasteiger partial charge in [0.1, 0.15) is 5.82 Å². The van der Waals surface area contributed by atoms with Crippen molar-refractivity contribution in [2.75, 3.05) is 5.32 Å². The molecule has 1 amide bonds. The van der Waals surface area contributed by atoms with E-state index in [0.29, 0.717) is 17.2 Å². The molecule has 0 saturated carbocycles. The molecule has 0 aromatic heterocycles. The molecule has 2 aromatic rings. The number of anilines is 1. The number of carbonyl (C=O) groups excluding carboxylic acids is 1. The molecule has 1 aliphatic heterocycles. The first-order valence-electron chi connectivity index (χ1n) is 9.35. The Morgan fingerprint density at radius 1 is 1.00 bits per heavy atom. The number of hydrogen-bond acceptors (Lipinski definition) is 3. The number of halogens is 4. The average molecular weight is 423 g/mol. The summed E-state index contributed by atoms with van der Waals surface area (Å²) in [5.74, 6) is -1.37. The smallest absolute Gasteiger partial charge is 0.399 e. The highest BCUT2D eigenvalue weighted by Crippen LogP contribution is 2.37. The highest BCUT2D eigenvalue weighted by Gasteiger charge is 2.51. The summed E-state index contributed by atoms with van der Waals surface area (Å²) in [6, 6.07) is 7.04. The largest absolute Gasteiger partial charge is 0.494 e. The quantitative estimate of drug-likeness (QED) is 0.572. The zero-order valence-electron chi connectivity index (χ0n) is 17.3. The Kier molecular flexibility index (Phi) is 5.49. The monoisotopic (exact) mass is 423 g/mol. The summed E-state index contributed by atoms with van der Waals surface area (Å²) < 4.78 is 65.2. The van der Waals surface area contributed by atoms with Gasteiger partial charge < -0.3 is 14.6 Å². The van der Waals surface area contributed by atoms with Crippen LogP contribution in [0.1, 0.15) is 40.2 Å². The van der Waals surface area contributed by atoms with E-state index in [1.165, 1.54) is 13.0 Å². The Balaban J connectivity index is 2.08. The first-order valence-corrected chi connectivity index (χ1v) is 9.35. The summed E-state index contributed by atoms with van der Waals surface area (Å²) in [4.78, 5) is 11.5. The van der Waals surface area contributed by atoms with Gasteiger partial charge in [-0.3, -0.25) is 4.79 Å². The molecule has 1 aliphatic rings. The molecule has 0 bridgehead atoms. The van der Waals surface area contributed by atoms with Crippen LogP contribution in [0.4, 0.5) is 23.2 Å². The maximum Gasteiger partial charge on any atom is 0.494 e. The lowest BCUT2D eigenvalue weighted by Crippen LogP contribution is -2.41. The molecule has 2 aromatic carbocycles. The van der Waals surface area contributed by atoms with E-state index in [-0.39, 0.29) is 17.0 Å². The molecule has 0 aliphatic carbocycles. The molecule has 0 unspecified atom stereocenters. The third-order valence-corrected chi connectivity index (χ3v) is 5.41. The zero-order valence-corrected chi connectivity index (χ0v) is 17.3. The van der Waals surface area contributed by atoms with E-state index in [1.54, 1.807) is 12.1 Å². The number of nitrogens with one attached hydrogen (secondary N) is 1. The van der Waals surface area contributed by atoms with Crippen LogP contribution < -0.4 is 10.8 Å². The molecule has 160 valence electrons. The number of hydrogen-bond donors (Lipinski definition) is 1. The molecule has 0 radical (unpaired) electrons. The Bertz CT molecular complexity index is 973. The van der Waals surface area contributed by atoms with Crippen LogP contribution in [0, 0.1) is 5.82 Å². The van der Waals surface area contributed by atoms with Crippen molar-refractivity contribution in [3.63, 3.8) is 0 Å². The van der Waals surface area contributed by atoms with Crippen LogP contribution in [0.3, 0.4) is 0 Å². The fraction of sp³-hybridized carbons (Fsp3) is 0.381. The van der Waals surface area contributed by atoms with Crippen molar-refractivity contribution in [2.45, 2.75) is 52.0 Å². The Hall–Kier alpha value is -2.39. The van der Waals surface area contributed by atoms with Crippen LogP contribution in [0.5, 0.6) is 0 Å². The van der Waals surface area contributed by atoms with Crippen molar-refractivity contribution in [3.8, 4) is 11.1 Å². The molecular weight excluding hydrogens is 401 g/mol. The fourth-order valence-corrected chi connectivity index (χ4v) is 3.12. The van der Waals surface area contributed by atoms with Gasteiger partial charge in [-0.2, -0.15) is 13.2 Å². The molecular formula is C21H22BF4NO3. The van der Waals surface area contributed by atoms with Gasteiger partial charge in [-0.05, 0) is 63.0 Å². The van der Waals surface area contributed by atoms with Crippen molar-refractivity contribution >= 4 is 24.2 Å². The van der Waals surface area contributed by atoms with Crippen LogP contribution >= 0.6 is 0 Å². The molecule has 9 heteroatoms. The minimum absolute atomic E-state index is 0.0343. The zero-order chi connectivity index (χ0) is 22.5. The number of alkyl halides is 3. The van der Waals surface area contributed by atoms with Gasteiger partial charge >= 0.3 is 13.3 Å². The summed E-state index contributed by atoms with van der Waals surface area (Å²) in [6.07, 6.45) is -4.65. The number of rotatable bonds is 3. The Labute approximate surface area is 172 Å². The molecule has 1 saturated heterocycles. The molecule has 1 fully saturated rings. The standard InChI is InChI=1S/C21H22BF4NO3/c1-12(28)27-16-9-13(17-7-6-14(10-18(17)23)21(24,25)26)8-15(11-16)22-29-19(2,3)20(4,5)30-22/h6-11H,1-5H3,(H,27,28). The minimum Gasteiger partial charge on any atom is -0.399 e. The van der Waals surface area contributed by atoms with Gasteiger partial charge in [0.25, 0.3) is 0 Å². The second-order valence-electron chi connectivity index (χ2n) is 8.31. The first kappa shape index (κ1) is 22.3. The van der Waals surface area contributed by atoms with Gasteiger partial charge in [0, 0.05) is 18.2 Å². The van der Waals surface area contributed by atoms with E-state index in [0.717, 1.165) is 12.1 Å². The van der Waals surface area contributed by atoms with Gasteiger partial charge in [-0.15, -0.1) is 0 Å². The fourth-order valence-electron chi connectivity index (χ4n) is 3.12. The highest BCUT2D eigenvalue weighted by atomic mass is 19.4. The topological polar surface area (TPSA) is 47.6 Å². The average Bonchev–Trinajstić information content (AvgIpc) is 2.81. The van der Waals surface area contributed by atoms with Crippen molar-refractivity contribution in [1.82, 2.24) is 0 Å². The third-order valence-electron chi connectivity index (χ3n) is 5.41. The van der Waals surface area contributed by atoms with Crippen LogP contribution in [0.15, 0.2) is 36.4 Å². The van der Waals surface area contributed by atoms with E-state index in [1.807, 2.05) is 27.7 Å². The van der Waals surface area contributed by atoms with E-state index < -0.39 is 35.9 Å². The lowest BCUT2D eigenvalue weighted by atomic mass is 9.77. The normalized spacial score (nSPS) is 17.8. The van der Waals surface area contributed by atoms with Gasteiger partial charge in [-0.25, -0.2) is 4.39 Å². The molecule has 0 spiro atoms. The van der Waals surface area contributed by atoms with Crippen LogP contribution in [0.2, 0.25) is 0 Å². The SMILES string of the molecule is CC(=O)Nc1cc(B2OC(C)(C)C(C)(C)O2)cc(-c2ccc(C(F)(F)F)cc2F)c1. The minimum atomic E-state index is -4.65. The number of amides is 1. The maximum absolute atomic E-state index is 14.6. The molecule has 1 heterocycles. The summed E-state index contributed by atoms with van der Waals surface area (Å²) in [7, 11) is -0.792. The van der Waals surface area contributed by atoms with E-state index in [4.69, 9.17) is 9.31 Å². The van der Waals surface area contributed by atoms with Gasteiger partial charge in [0.05, 0.1) is 16.8 Å². The second kappa shape index (κ2) is 7.39. The number of carbonyl (C=O) groups is 1. The van der Waals surface area contributed by atoms with Crippen LogP contribution in [-0.2, 0) is 20.3 Å². The lowest BCUT2D eigenvalue weighted by Gasteiger charge is -2.32. The summed E-state index contributed by atoms with van der Waals surface area (Å²) >= 11 is 0. The lowest BCUT2D eigenvalue weighted by molar-refractivity contribution is -0.137. The summed E-state index contributed by atoms with van der Waals surface area (Å²) in [5.41, 5.74) is -1.21. The van der Waals surface area contributed by atoms with Gasteiger partial charge in [-0.1, -0.05) is 12.1 Å². The predicted octanol–water partition coefficient (Wildman–Crippen LogP) is 4.77. The van der Waals surface area contributed by atoms with Crippen molar-refractivity contribution in [3.05, 3.63) is 47.8 Å². The van der Waals surface area contributed by atoms with Crippen molar-refractivity contribution in [2.24, 2.45) is 0 Å². The van der Waals surface area contributed by atoms with Crippen LogP contribution in [-0.4, -0.2) is 24.2 Å². The van der Waals surface area contributed by atoms with E-state index in [9.17, 15) is 22.4 Å². The van der Waals surface area contributed by atoms with Crippen molar-refractivity contribution in [1.29, 1.82) is 0 Å². The molecule has 1 N–H and O–H groups in total. The van der Waals surface area contributed by atoms with Crippen LogP contribution in [0.25, 0.3) is 11.1 Å². The van der Waals surface area contributed by atoms with Crippen molar-refractivity contribution < 1.29 is 31.7 Å². The summed E-state index contributed by atoms with van der Waals surface area (Å²) in [5, 5.41) is 2.62. The maximum atomic E-state index is 14.6. The van der Waals surface area contributed by atoms with Gasteiger partial charge in [0.2, 0.25) is 5.91 Å². The number of benzene rings is 2. The Morgan fingerprint density at radius 3 is 2.10 bits per heavy atom. The highest BCUT2D eigenvalue weighted by molar-refractivity contribution is 6.62. The molecule has 3 rings (SSSR count).